The highest BCUT2D eigenvalue weighted by Crippen LogP contribution is 2.37. The number of halogens is 7. The van der Waals surface area contributed by atoms with Crippen LogP contribution in [0.25, 0.3) is 0 Å². The molecule has 4 nitrogen and oxygen atoms in total. The second-order valence-corrected chi connectivity index (χ2v) is 8.44. The third-order valence-electron chi connectivity index (χ3n) is 5.81. The van der Waals surface area contributed by atoms with E-state index >= 15 is 0 Å². The van der Waals surface area contributed by atoms with Gasteiger partial charge in [0.1, 0.15) is 5.82 Å². The molecule has 1 aliphatic rings. The highest BCUT2D eigenvalue weighted by Gasteiger charge is 2.38. The quantitative estimate of drug-likeness (QED) is 0.541. The number of urea groups is 1. The molecule has 1 fully saturated rings. The number of alkyl halides is 6. The molecule has 2 unspecified atom stereocenters. The van der Waals surface area contributed by atoms with Crippen molar-refractivity contribution in [2.75, 3.05) is 13.6 Å². The first-order chi connectivity index (χ1) is 15.7. The topological polar surface area (TPSA) is 43.8 Å². The minimum absolute atomic E-state index is 0.0324. The summed E-state index contributed by atoms with van der Waals surface area (Å²) in [5.41, 5.74) is -2.10. The number of benzene rings is 2. The average molecular weight is 492 g/mol. The molecular weight excluding hydrogens is 469 g/mol. The van der Waals surface area contributed by atoms with Crippen molar-refractivity contribution in [3.05, 3.63) is 70.0 Å². The van der Waals surface area contributed by atoms with Crippen molar-refractivity contribution in [2.24, 2.45) is 0 Å². The molecule has 186 valence electrons. The summed E-state index contributed by atoms with van der Waals surface area (Å²) in [5, 5.41) is 10.1. The number of amides is 2. The third-order valence-corrected chi connectivity index (χ3v) is 5.81. The Labute approximate surface area is 191 Å². The predicted octanol–water partition coefficient (Wildman–Crippen LogP) is 5.92. The number of aryl methyl sites for hydroxylation is 1. The summed E-state index contributed by atoms with van der Waals surface area (Å²) in [6, 6.07) is 3.93. The number of aliphatic hydroxyl groups excluding tert-OH is 1. The maximum Gasteiger partial charge on any atom is 0.416 e. The minimum Gasteiger partial charge on any atom is -0.393 e. The number of carbonyl (C=O) groups is 1. The summed E-state index contributed by atoms with van der Waals surface area (Å²) < 4.78 is 92.5. The van der Waals surface area contributed by atoms with Crippen molar-refractivity contribution in [3.63, 3.8) is 0 Å². The molecule has 0 aliphatic carbocycles. The van der Waals surface area contributed by atoms with E-state index in [0.29, 0.717) is 23.3 Å². The lowest BCUT2D eigenvalue weighted by molar-refractivity contribution is -0.143. The Morgan fingerprint density at radius 3 is 2.18 bits per heavy atom. The molecule has 0 aromatic heterocycles. The van der Waals surface area contributed by atoms with Crippen LogP contribution in [0.3, 0.4) is 0 Å². The SMILES string of the molecule is Cc1cc(F)ccc1C1CC(O)CCN1C(=O)N(C)Cc1cc(C(F)(F)F)cc(C(F)(F)F)c1. The van der Waals surface area contributed by atoms with Gasteiger partial charge in [0.05, 0.1) is 23.3 Å². The Hall–Kier alpha value is -2.82. The number of carbonyl (C=O) groups excluding carboxylic acids is 1. The van der Waals surface area contributed by atoms with E-state index in [9.17, 15) is 40.6 Å². The minimum atomic E-state index is -4.99. The Bertz CT molecular complexity index is 1020. The van der Waals surface area contributed by atoms with Crippen LogP contribution in [0, 0.1) is 12.7 Å². The van der Waals surface area contributed by atoms with Crippen molar-refractivity contribution in [2.45, 2.75) is 50.8 Å². The van der Waals surface area contributed by atoms with Crippen LogP contribution >= 0.6 is 0 Å². The molecule has 2 aromatic rings. The summed E-state index contributed by atoms with van der Waals surface area (Å²) >= 11 is 0. The molecule has 0 saturated carbocycles. The molecule has 34 heavy (non-hydrogen) atoms. The van der Waals surface area contributed by atoms with Crippen molar-refractivity contribution >= 4 is 6.03 Å². The summed E-state index contributed by atoms with van der Waals surface area (Å²) in [6.45, 7) is 1.26. The Balaban J connectivity index is 1.89. The zero-order chi connectivity index (χ0) is 25.4. The fraction of sp³-hybridized carbons (Fsp3) is 0.435. The molecule has 0 radical (unpaired) electrons. The van der Waals surface area contributed by atoms with Crippen LogP contribution < -0.4 is 0 Å². The van der Waals surface area contributed by atoms with Gasteiger partial charge in [-0.05, 0) is 66.8 Å². The summed E-state index contributed by atoms with van der Waals surface area (Å²) in [6.07, 6.45) is -10.3. The van der Waals surface area contributed by atoms with Gasteiger partial charge in [0, 0.05) is 20.1 Å². The molecule has 2 amide bonds. The summed E-state index contributed by atoms with van der Waals surface area (Å²) in [5.74, 6) is -0.474. The van der Waals surface area contributed by atoms with E-state index in [1.807, 2.05) is 0 Å². The maximum absolute atomic E-state index is 13.6. The Morgan fingerprint density at radius 1 is 1.06 bits per heavy atom. The van der Waals surface area contributed by atoms with E-state index in [-0.39, 0.29) is 31.0 Å². The van der Waals surface area contributed by atoms with Gasteiger partial charge in [0.15, 0.2) is 0 Å². The van der Waals surface area contributed by atoms with Crippen LogP contribution in [0.1, 0.15) is 46.7 Å². The van der Waals surface area contributed by atoms with E-state index in [0.717, 1.165) is 4.90 Å². The molecule has 0 bridgehead atoms. The van der Waals surface area contributed by atoms with Crippen molar-refractivity contribution in [1.82, 2.24) is 9.80 Å². The number of aliphatic hydroxyl groups is 1. The maximum atomic E-state index is 13.6. The lowest BCUT2D eigenvalue weighted by atomic mass is 9.91. The van der Waals surface area contributed by atoms with Crippen LogP contribution in [0.15, 0.2) is 36.4 Å². The second kappa shape index (κ2) is 9.44. The first-order valence-corrected chi connectivity index (χ1v) is 10.4. The lowest BCUT2D eigenvalue weighted by Gasteiger charge is -2.40. The van der Waals surface area contributed by atoms with Gasteiger partial charge < -0.3 is 14.9 Å². The van der Waals surface area contributed by atoms with Crippen LogP contribution in [-0.4, -0.2) is 40.6 Å². The van der Waals surface area contributed by atoms with E-state index in [1.54, 1.807) is 6.92 Å². The lowest BCUT2D eigenvalue weighted by Crippen LogP contribution is -2.47. The first kappa shape index (κ1) is 25.8. The zero-order valence-corrected chi connectivity index (χ0v) is 18.3. The molecular formula is C23H23F7N2O2. The standard InChI is InChI=1S/C23H23F7N2O2/c1-13-7-17(24)3-4-19(13)20-11-18(33)5-6-32(20)21(34)31(2)12-14-8-15(22(25,26)27)10-16(9-14)23(28,29)30/h3-4,7-10,18,20,33H,5-6,11-12H2,1-2H3. The molecule has 1 saturated heterocycles. The molecule has 11 heteroatoms. The molecule has 1 aliphatic heterocycles. The predicted molar refractivity (Wildman–Crippen MR) is 109 cm³/mol. The third kappa shape index (κ3) is 5.81. The van der Waals surface area contributed by atoms with Gasteiger partial charge in [-0.25, -0.2) is 9.18 Å². The van der Waals surface area contributed by atoms with Gasteiger partial charge in [0.2, 0.25) is 0 Å². The monoisotopic (exact) mass is 492 g/mol. The highest BCUT2D eigenvalue weighted by atomic mass is 19.4. The largest absolute Gasteiger partial charge is 0.416 e. The van der Waals surface area contributed by atoms with Gasteiger partial charge in [-0.1, -0.05) is 6.07 Å². The average Bonchev–Trinajstić information content (AvgIpc) is 2.71. The van der Waals surface area contributed by atoms with E-state index in [1.165, 1.54) is 30.1 Å². The number of hydrogen-bond acceptors (Lipinski definition) is 2. The number of piperidine rings is 1. The molecule has 2 aromatic carbocycles. The zero-order valence-electron chi connectivity index (χ0n) is 18.3. The normalized spacial score (nSPS) is 19.3. The second-order valence-electron chi connectivity index (χ2n) is 8.44. The number of nitrogens with zero attached hydrogens (tertiary/aromatic N) is 2. The van der Waals surface area contributed by atoms with Gasteiger partial charge in [-0.15, -0.1) is 0 Å². The molecule has 2 atom stereocenters. The summed E-state index contributed by atoms with van der Waals surface area (Å²) in [4.78, 5) is 15.6. The van der Waals surface area contributed by atoms with Crippen molar-refractivity contribution < 1.29 is 40.6 Å². The van der Waals surface area contributed by atoms with E-state index < -0.39 is 54.0 Å². The van der Waals surface area contributed by atoms with Gasteiger partial charge in [-0.3, -0.25) is 0 Å². The van der Waals surface area contributed by atoms with E-state index in [2.05, 4.69) is 0 Å². The number of rotatable bonds is 3. The molecule has 0 spiro atoms. The smallest absolute Gasteiger partial charge is 0.393 e. The van der Waals surface area contributed by atoms with Crippen LogP contribution in [0.4, 0.5) is 35.5 Å². The van der Waals surface area contributed by atoms with Gasteiger partial charge in [0.25, 0.3) is 0 Å². The van der Waals surface area contributed by atoms with Gasteiger partial charge in [-0.2, -0.15) is 26.3 Å². The molecule has 1 N–H and O–H groups in total. The summed E-state index contributed by atoms with van der Waals surface area (Å²) in [7, 11) is 1.27. The number of hydrogen-bond donors (Lipinski definition) is 1. The Morgan fingerprint density at radius 2 is 1.65 bits per heavy atom. The van der Waals surface area contributed by atoms with Gasteiger partial charge >= 0.3 is 18.4 Å². The van der Waals surface area contributed by atoms with Crippen LogP contribution in [-0.2, 0) is 18.9 Å². The molecule has 1 heterocycles. The van der Waals surface area contributed by atoms with Crippen molar-refractivity contribution in [1.29, 1.82) is 0 Å². The van der Waals surface area contributed by atoms with Crippen LogP contribution in [0.2, 0.25) is 0 Å². The highest BCUT2D eigenvalue weighted by molar-refractivity contribution is 5.75. The van der Waals surface area contributed by atoms with Crippen molar-refractivity contribution in [3.8, 4) is 0 Å². The molecule has 3 rings (SSSR count). The Kier molecular flexibility index (Phi) is 7.16. The first-order valence-electron chi connectivity index (χ1n) is 10.4. The number of likely N-dealkylation sites (tertiary alicyclic amines) is 1. The fourth-order valence-corrected chi connectivity index (χ4v) is 4.15. The fourth-order valence-electron chi connectivity index (χ4n) is 4.15. The van der Waals surface area contributed by atoms with Crippen LogP contribution in [0.5, 0.6) is 0 Å². The van der Waals surface area contributed by atoms with E-state index in [4.69, 9.17) is 0 Å².